The Kier molecular flexibility index (Phi) is 2.40. The normalized spacial score (nSPS) is 10.4. The summed E-state index contributed by atoms with van der Waals surface area (Å²) in [5.41, 5.74) is 7.49. The first-order chi connectivity index (χ1) is 7.59. The van der Waals surface area contributed by atoms with Crippen molar-refractivity contribution in [2.75, 3.05) is 30.6 Å². The molecule has 0 saturated carbocycles. The van der Waals surface area contributed by atoms with Gasteiger partial charge in [0.05, 0.1) is 0 Å². The first kappa shape index (κ1) is 10.3. The number of hydrogen-bond acceptors (Lipinski definition) is 5. The Balaban J connectivity index is 2.48. The monoisotopic (exact) mass is 218 g/mol. The number of hydrogen-bond donors (Lipinski definition) is 2. The van der Waals surface area contributed by atoms with E-state index < -0.39 is 0 Å². The lowest BCUT2D eigenvalue weighted by molar-refractivity contribution is 1.02. The van der Waals surface area contributed by atoms with Gasteiger partial charge in [-0.15, -0.1) is 10.2 Å². The zero-order valence-electron chi connectivity index (χ0n) is 9.25. The van der Waals surface area contributed by atoms with Crippen molar-refractivity contribution in [1.82, 2.24) is 14.9 Å². The van der Waals surface area contributed by atoms with Gasteiger partial charge in [-0.25, -0.2) is 4.68 Å². The van der Waals surface area contributed by atoms with Crippen LogP contribution in [0.1, 0.15) is 0 Å². The van der Waals surface area contributed by atoms with Gasteiger partial charge in [0.2, 0.25) is 5.95 Å². The van der Waals surface area contributed by atoms with Crippen molar-refractivity contribution in [1.29, 1.82) is 0 Å². The molecule has 2 aromatic rings. The Morgan fingerprint density at radius 2 is 2.00 bits per heavy atom. The molecule has 0 aliphatic carbocycles. The molecular formula is C10H14N6. The quantitative estimate of drug-likeness (QED) is 0.708. The van der Waals surface area contributed by atoms with Crippen LogP contribution in [0.15, 0.2) is 24.3 Å². The van der Waals surface area contributed by atoms with Crippen LogP contribution in [0.4, 0.5) is 11.6 Å². The van der Waals surface area contributed by atoms with Crippen molar-refractivity contribution in [2.24, 2.45) is 0 Å². The van der Waals surface area contributed by atoms with Crippen molar-refractivity contribution in [3.8, 4) is 11.4 Å². The predicted octanol–water partition coefficient (Wildman–Crippen LogP) is 0.307. The molecule has 16 heavy (non-hydrogen) atoms. The fourth-order valence-corrected chi connectivity index (χ4v) is 1.42. The minimum atomic E-state index is 0.199. The summed E-state index contributed by atoms with van der Waals surface area (Å²) in [5.74, 6) is 6.47. The van der Waals surface area contributed by atoms with E-state index in [2.05, 4.69) is 10.2 Å². The summed E-state index contributed by atoms with van der Waals surface area (Å²) < 4.78 is 1.27. The third kappa shape index (κ3) is 1.65. The van der Waals surface area contributed by atoms with Crippen LogP contribution in [-0.4, -0.2) is 29.0 Å². The van der Waals surface area contributed by atoms with Crippen molar-refractivity contribution >= 4 is 11.6 Å². The van der Waals surface area contributed by atoms with Crippen LogP contribution in [-0.2, 0) is 0 Å². The molecule has 0 atom stereocenters. The third-order valence-corrected chi connectivity index (χ3v) is 2.34. The summed E-state index contributed by atoms with van der Waals surface area (Å²) in [7, 11) is 3.95. The van der Waals surface area contributed by atoms with Gasteiger partial charge >= 0.3 is 0 Å². The molecule has 0 radical (unpaired) electrons. The van der Waals surface area contributed by atoms with Gasteiger partial charge in [0.15, 0.2) is 5.82 Å². The van der Waals surface area contributed by atoms with Gasteiger partial charge in [-0.3, -0.25) is 0 Å². The highest BCUT2D eigenvalue weighted by molar-refractivity contribution is 5.64. The molecule has 6 heteroatoms. The molecule has 6 nitrogen and oxygen atoms in total. The van der Waals surface area contributed by atoms with E-state index in [1.54, 1.807) is 0 Å². The van der Waals surface area contributed by atoms with Crippen LogP contribution in [0.5, 0.6) is 0 Å². The van der Waals surface area contributed by atoms with Gasteiger partial charge in [-0.2, -0.15) is 0 Å². The van der Waals surface area contributed by atoms with Crippen LogP contribution < -0.4 is 16.5 Å². The van der Waals surface area contributed by atoms with Crippen LogP contribution in [0.25, 0.3) is 11.4 Å². The smallest absolute Gasteiger partial charge is 0.241 e. The molecule has 0 fully saturated rings. The number of aromatic nitrogens is 3. The van der Waals surface area contributed by atoms with Gasteiger partial charge in [0.25, 0.3) is 0 Å². The number of nitrogens with two attached hydrogens (primary N) is 2. The molecule has 0 aliphatic heterocycles. The lowest BCUT2D eigenvalue weighted by atomic mass is 10.2. The zero-order valence-corrected chi connectivity index (χ0v) is 9.25. The van der Waals surface area contributed by atoms with Crippen molar-refractivity contribution in [3.05, 3.63) is 24.3 Å². The highest BCUT2D eigenvalue weighted by Crippen LogP contribution is 2.22. The summed E-state index contributed by atoms with van der Waals surface area (Å²) >= 11 is 0. The van der Waals surface area contributed by atoms with Gasteiger partial charge in [0.1, 0.15) is 0 Å². The molecular weight excluding hydrogens is 204 g/mol. The minimum Gasteiger partial charge on any atom is -0.378 e. The van der Waals surface area contributed by atoms with E-state index >= 15 is 0 Å². The van der Waals surface area contributed by atoms with E-state index in [-0.39, 0.29) is 5.95 Å². The number of rotatable bonds is 2. The molecule has 0 saturated heterocycles. The first-order valence-corrected chi connectivity index (χ1v) is 4.83. The number of nitrogens with zero attached hydrogens (tertiary/aromatic N) is 4. The third-order valence-electron chi connectivity index (χ3n) is 2.34. The fourth-order valence-electron chi connectivity index (χ4n) is 1.42. The molecule has 0 unspecified atom stereocenters. The van der Waals surface area contributed by atoms with Crippen LogP contribution in [0, 0.1) is 0 Å². The summed E-state index contributed by atoms with van der Waals surface area (Å²) in [6.45, 7) is 0. The van der Waals surface area contributed by atoms with Crippen LogP contribution in [0.2, 0.25) is 0 Å². The second kappa shape index (κ2) is 3.73. The molecule has 1 aromatic carbocycles. The van der Waals surface area contributed by atoms with Crippen LogP contribution in [0.3, 0.4) is 0 Å². The summed E-state index contributed by atoms with van der Waals surface area (Å²) in [6.07, 6.45) is 0. The van der Waals surface area contributed by atoms with E-state index in [4.69, 9.17) is 11.6 Å². The molecule has 0 aliphatic rings. The largest absolute Gasteiger partial charge is 0.378 e. The van der Waals surface area contributed by atoms with Gasteiger partial charge in [-0.05, 0) is 12.1 Å². The van der Waals surface area contributed by atoms with Gasteiger partial charge < -0.3 is 16.5 Å². The predicted molar refractivity (Wildman–Crippen MR) is 64.3 cm³/mol. The highest BCUT2D eigenvalue weighted by Gasteiger charge is 2.09. The zero-order chi connectivity index (χ0) is 11.7. The second-order valence-corrected chi connectivity index (χ2v) is 3.70. The standard InChI is InChI=1S/C10H14N6/c1-15(2)8-5-3-4-7(6-8)9-13-14-10(11)16(9)12/h3-6H,12H2,1-2H3,(H2,11,14). The maximum absolute atomic E-state index is 5.71. The number of nitrogen functional groups attached to an aromatic ring is 2. The van der Waals surface area contributed by atoms with Gasteiger partial charge in [-0.1, -0.05) is 12.1 Å². The van der Waals surface area contributed by atoms with E-state index in [9.17, 15) is 0 Å². The van der Waals surface area contributed by atoms with E-state index in [1.807, 2.05) is 43.3 Å². The first-order valence-electron chi connectivity index (χ1n) is 4.83. The summed E-state index contributed by atoms with van der Waals surface area (Å²) in [4.78, 5) is 2.00. The minimum absolute atomic E-state index is 0.199. The van der Waals surface area contributed by atoms with Crippen LogP contribution >= 0.6 is 0 Å². The maximum Gasteiger partial charge on any atom is 0.241 e. The van der Waals surface area contributed by atoms with E-state index in [0.717, 1.165) is 11.3 Å². The Bertz CT molecular complexity index is 502. The lowest BCUT2D eigenvalue weighted by Crippen LogP contribution is -2.13. The lowest BCUT2D eigenvalue weighted by Gasteiger charge is -2.13. The highest BCUT2D eigenvalue weighted by atomic mass is 15.4. The molecule has 0 spiro atoms. The molecule has 2 rings (SSSR count). The summed E-state index contributed by atoms with van der Waals surface area (Å²) in [5, 5.41) is 7.65. The Morgan fingerprint density at radius 3 is 2.56 bits per heavy atom. The second-order valence-electron chi connectivity index (χ2n) is 3.70. The number of anilines is 2. The summed E-state index contributed by atoms with van der Waals surface area (Å²) in [6, 6.07) is 7.84. The van der Waals surface area contributed by atoms with E-state index in [0.29, 0.717) is 5.82 Å². The van der Waals surface area contributed by atoms with E-state index in [1.165, 1.54) is 4.68 Å². The Labute approximate surface area is 93.5 Å². The molecule has 1 aromatic heterocycles. The molecule has 1 heterocycles. The fraction of sp³-hybridized carbons (Fsp3) is 0.200. The average molecular weight is 218 g/mol. The Hall–Kier alpha value is -2.24. The molecule has 84 valence electrons. The molecule has 0 amide bonds. The molecule has 4 N–H and O–H groups in total. The van der Waals surface area contributed by atoms with Crippen molar-refractivity contribution < 1.29 is 0 Å². The van der Waals surface area contributed by atoms with Crippen molar-refractivity contribution in [3.63, 3.8) is 0 Å². The molecule has 0 bridgehead atoms. The van der Waals surface area contributed by atoms with Crippen molar-refractivity contribution in [2.45, 2.75) is 0 Å². The maximum atomic E-state index is 5.71. The SMILES string of the molecule is CN(C)c1cccc(-c2nnc(N)n2N)c1. The topological polar surface area (TPSA) is 86.0 Å². The number of benzene rings is 1. The van der Waals surface area contributed by atoms with Gasteiger partial charge in [0, 0.05) is 25.3 Å². The Morgan fingerprint density at radius 1 is 1.25 bits per heavy atom. The average Bonchev–Trinajstić information content (AvgIpc) is 2.60.